The summed E-state index contributed by atoms with van der Waals surface area (Å²) in [5.74, 6) is -4.35. The molecular formula is C18H13F2NO4S. The molecule has 5 nitrogen and oxygen atoms in total. The maximum atomic E-state index is 14.7. The van der Waals surface area contributed by atoms with Gasteiger partial charge in [-0.05, 0) is 18.2 Å². The van der Waals surface area contributed by atoms with Crippen molar-refractivity contribution in [3.05, 3.63) is 99.3 Å². The third-order valence-corrected chi connectivity index (χ3v) is 5.69. The van der Waals surface area contributed by atoms with Crippen molar-refractivity contribution in [1.82, 2.24) is 0 Å². The molecule has 0 unspecified atom stereocenters. The summed E-state index contributed by atoms with van der Waals surface area (Å²) in [6.45, 7) is 0. The van der Waals surface area contributed by atoms with E-state index in [0.29, 0.717) is 0 Å². The Labute approximate surface area is 148 Å². The molecule has 0 radical (unpaired) electrons. The molecule has 0 aromatic heterocycles. The lowest BCUT2D eigenvalue weighted by Crippen LogP contribution is -2.25. The van der Waals surface area contributed by atoms with Crippen molar-refractivity contribution in [2.24, 2.45) is 0 Å². The van der Waals surface area contributed by atoms with Gasteiger partial charge in [-0.25, -0.2) is 8.42 Å². The molecule has 8 heteroatoms. The highest BCUT2D eigenvalue weighted by Gasteiger charge is 2.46. The fraction of sp³-hybridized carbons (Fsp3) is 0.111. The lowest BCUT2D eigenvalue weighted by atomic mass is 9.99. The fourth-order valence-electron chi connectivity index (χ4n) is 2.75. The predicted octanol–water partition coefficient (Wildman–Crippen LogP) is 3.62. The predicted molar refractivity (Wildman–Crippen MR) is 91.9 cm³/mol. The van der Waals surface area contributed by atoms with E-state index in [-0.39, 0.29) is 10.5 Å². The topological polar surface area (TPSA) is 77.3 Å². The maximum Gasteiger partial charge on any atom is 0.305 e. The summed E-state index contributed by atoms with van der Waals surface area (Å²) in [5, 5.41) is 11.5. The van der Waals surface area contributed by atoms with Crippen LogP contribution in [0.1, 0.15) is 0 Å². The summed E-state index contributed by atoms with van der Waals surface area (Å²) in [7, 11) is -3.94. The number of hydrogen-bond donors (Lipinski definition) is 0. The molecule has 0 atom stereocenters. The molecule has 0 heterocycles. The van der Waals surface area contributed by atoms with Crippen molar-refractivity contribution in [3.8, 4) is 0 Å². The highest BCUT2D eigenvalue weighted by Crippen LogP contribution is 2.42. The molecule has 134 valence electrons. The molecule has 2 aliphatic rings. The number of halogens is 2. The number of rotatable bonds is 4. The van der Waals surface area contributed by atoms with Gasteiger partial charge >= 0.3 is 5.92 Å². The van der Waals surface area contributed by atoms with Crippen LogP contribution in [0.3, 0.4) is 0 Å². The fourth-order valence-corrected chi connectivity index (χ4v) is 4.13. The van der Waals surface area contributed by atoms with Crippen LogP contribution in [0, 0.1) is 10.1 Å². The van der Waals surface area contributed by atoms with Gasteiger partial charge in [-0.15, -0.1) is 0 Å². The normalized spacial score (nSPS) is 18.7. The minimum absolute atomic E-state index is 0.0344. The Morgan fingerprint density at radius 3 is 2.35 bits per heavy atom. The van der Waals surface area contributed by atoms with Crippen molar-refractivity contribution >= 4 is 9.84 Å². The molecule has 26 heavy (non-hydrogen) atoms. The van der Waals surface area contributed by atoms with E-state index in [2.05, 4.69) is 0 Å². The second-order valence-corrected chi connectivity index (χ2v) is 7.69. The molecule has 3 rings (SSSR count). The van der Waals surface area contributed by atoms with Crippen LogP contribution in [0.2, 0.25) is 0 Å². The van der Waals surface area contributed by atoms with Crippen molar-refractivity contribution in [2.75, 3.05) is 5.75 Å². The Morgan fingerprint density at radius 1 is 1.04 bits per heavy atom. The largest absolute Gasteiger partial charge is 0.305 e. The van der Waals surface area contributed by atoms with Crippen molar-refractivity contribution < 1.29 is 22.1 Å². The first-order valence-electron chi connectivity index (χ1n) is 7.55. The zero-order valence-electron chi connectivity index (χ0n) is 13.3. The lowest BCUT2D eigenvalue weighted by Gasteiger charge is -2.17. The van der Waals surface area contributed by atoms with Crippen LogP contribution in [0.25, 0.3) is 0 Å². The van der Waals surface area contributed by atoms with E-state index in [4.69, 9.17) is 0 Å². The van der Waals surface area contributed by atoms with E-state index in [1.54, 1.807) is 6.07 Å². The van der Waals surface area contributed by atoms with Gasteiger partial charge in [0.1, 0.15) is 5.57 Å². The van der Waals surface area contributed by atoms with Gasteiger partial charge in [0.05, 0.1) is 15.6 Å². The van der Waals surface area contributed by atoms with Crippen molar-refractivity contribution in [1.29, 1.82) is 0 Å². The van der Waals surface area contributed by atoms with Gasteiger partial charge in [0.25, 0.3) is 5.70 Å². The highest BCUT2D eigenvalue weighted by atomic mass is 32.2. The van der Waals surface area contributed by atoms with Gasteiger partial charge in [-0.2, -0.15) is 8.78 Å². The Morgan fingerprint density at radius 2 is 1.69 bits per heavy atom. The zero-order chi connectivity index (χ0) is 18.9. The summed E-state index contributed by atoms with van der Waals surface area (Å²) in [6, 6.07) is 7.36. The molecule has 2 bridgehead atoms. The second-order valence-electron chi connectivity index (χ2n) is 5.70. The third kappa shape index (κ3) is 3.15. The van der Waals surface area contributed by atoms with Crippen LogP contribution in [0.4, 0.5) is 8.78 Å². The maximum absolute atomic E-state index is 14.7. The summed E-state index contributed by atoms with van der Waals surface area (Å²) in [4.78, 5) is 10.6. The second kappa shape index (κ2) is 6.45. The number of nitro groups is 1. The molecule has 0 aliphatic heterocycles. The quantitative estimate of drug-likeness (QED) is 0.593. The first-order chi connectivity index (χ1) is 12.2. The molecular weight excluding hydrogens is 364 g/mol. The summed E-state index contributed by atoms with van der Waals surface area (Å²) >= 11 is 0. The average molecular weight is 377 g/mol. The highest BCUT2D eigenvalue weighted by molar-refractivity contribution is 7.91. The SMILES string of the molecule is O=[N+]([O-])C1=C(CS(=O)(=O)c2ccccc2)C=CC2=CC=CC=C1C2(F)F. The van der Waals surface area contributed by atoms with Crippen LogP contribution >= 0.6 is 0 Å². The molecule has 0 amide bonds. The van der Waals surface area contributed by atoms with Crippen molar-refractivity contribution in [3.63, 3.8) is 0 Å². The standard InChI is InChI=1S/C18H13F2NO4S/c19-18(20)14-6-4-5-9-16(18)17(21(22)23)13(10-11-14)12-26(24,25)15-7-2-1-3-8-15/h1-11H,12H2. The molecule has 1 aromatic rings. The minimum atomic E-state index is -3.94. The molecule has 2 aliphatic carbocycles. The Bertz CT molecular complexity index is 1020. The molecule has 0 saturated carbocycles. The summed E-state index contributed by atoms with van der Waals surface area (Å²) in [6.07, 6.45) is 6.82. The lowest BCUT2D eigenvalue weighted by molar-refractivity contribution is -0.423. The van der Waals surface area contributed by atoms with Crippen LogP contribution in [-0.4, -0.2) is 25.0 Å². The number of fused-ring (bicyclic) bond motifs is 2. The van der Waals surface area contributed by atoms with Crippen LogP contribution in [0.5, 0.6) is 0 Å². The van der Waals surface area contributed by atoms with Crippen LogP contribution < -0.4 is 0 Å². The van der Waals surface area contributed by atoms with Gasteiger partial charge < -0.3 is 0 Å². The van der Waals surface area contributed by atoms with Crippen molar-refractivity contribution in [2.45, 2.75) is 10.8 Å². The van der Waals surface area contributed by atoms with E-state index < -0.39 is 43.3 Å². The Balaban J connectivity index is 2.18. The van der Waals surface area contributed by atoms with E-state index in [1.807, 2.05) is 0 Å². The van der Waals surface area contributed by atoms with E-state index in [9.17, 15) is 27.3 Å². The zero-order valence-corrected chi connectivity index (χ0v) is 14.1. The van der Waals surface area contributed by atoms with Gasteiger partial charge in [0.2, 0.25) is 0 Å². The van der Waals surface area contributed by atoms with E-state index in [0.717, 1.165) is 24.3 Å². The monoisotopic (exact) mass is 377 g/mol. The molecule has 0 saturated heterocycles. The van der Waals surface area contributed by atoms with Gasteiger partial charge in [-0.3, -0.25) is 10.1 Å². The first kappa shape index (κ1) is 17.9. The van der Waals surface area contributed by atoms with Gasteiger partial charge in [0.15, 0.2) is 9.84 Å². The number of benzene rings is 1. The smallest absolute Gasteiger partial charge is 0.258 e. The number of sulfone groups is 1. The summed E-state index contributed by atoms with van der Waals surface area (Å²) in [5.41, 5.74) is -2.45. The van der Waals surface area contributed by atoms with E-state index in [1.165, 1.54) is 36.4 Å². The molecule has 0 fully saturated rings. The first-order valence-corrected chi connectivity index (χ1v) is 9.20. The Hall–Kier alpha value is -2.87. The molecule has 0 N–H and O–H groups in total. The average Bonchev–Trinajstić information content (AvgIpc) is 2.78. The number of allylic oxidation sites excluding steroid dienone is 8. The minimum Gasteiger partial charge on any atom is -0.258 e. The molecule has 0 spiro atoms. The number of alkyl halides is 2. The molecule has 1 aromatic carbocycles. The number of nitrogens with zero attached hydrogens (tertiary/aromatic N) is 1. The number of hydrogen-bond acceptors (Lipinski definition) is 4. The van der Waals surface area contributed by atoms with E-state index >= 15 is 0 Å². The Kier molecular flexibility index (Phi) is 4.45. The summed E-state index contributed by atoms with van der Waals surface area (Å²) < 4.78 is 54.5. The van der Waals surface area contributed by atoms with Gasteiger partial charge in [0, 0.05) is 11.1 Å². The third-order valence-electron chi connectivity index (χ3n) is 4.00. The van der Waals surface area contributed by atoms with Crippen LogP contribution in [-0.2, 0) is 9.84 Å². The van der Waals surface area contributed by atoms with Gasteiger partial charge in [-0.1, -0.05) is 48.6 Å². The van der Waals surface area contributed by atoms with Crippen LogP contribution in [0.15, 0.2) is 94.1 Å².